The number of benzene rings is 1. The Bertz CT molecular complexity index is 524. The van der Waals surface area contributed by atoms with Crippen molar-refractivity contribution in [2.75, 3.05) is 18.5 Å². The van der Waals surface area contributed by atoms with Crippen LogP contribution >= 0.6 is 0 Å². The van der Waals surface area contributed by atoms with E-state index in [2.05, 4.69) is 5.32 Å². The third kappa shape index (κ3) is 5.80. The predicted octanol–water partition coefficient (Wildman–Crippen LogP) is 3.42. The summed E-state index contributed by atoms with van der Waals surface area (Å²) in [7, 11) is 0. The summed E-state index contributed by atoms with van der Waals surface area (Å²) in [6, 6.07) is 3.08. The van der Waals surface area contributed by atoms with Gasteiger partial charge in [-0.25, -0.2) is 4.79 Å². The smallest absolute Gasteiger partial charge is 0.418 e. The molecule has 0 bridgehead atoms. The maximum absolute atomic E-state index is 13.0. The fourth-order valence-corrected chi connectivity index (χ4v) is 1.53. The van der Waals surface area contributed by atoms with Crippen molar-refractivity contribution in [2.24, 2.45) is 0 Å². The molecule has 1 aromatic carbocycles. The molecule has 124 valence electrons. The van der Waals surface area contributed by atoms with Crippen LogP contribution in [-0.4, -0.2) is 30.0 Å². The molecular weight excluding hydrogens is 303 g/mol. The summed E-state index contributed by atoms with van der Waals surface area (Å²) in [5, 5.41) is 10.7. The van der Waals surface area contributed by atoms with Crippen molar-refractivity contribution in [3.8, 4) is 5.75 Å². The minimum Gasteiger partial charge on any atom is -0.491 e. The molecule has 0 fully saturated rings. The van der Waals surface area contributed by atoms with Gasteiger partial charge in [0, 0.05) is 0 Å². The van der Waals surface area contributed by atoms with Crippen LogP contribution in [0.15, 0.2) is 18.2 Å². The molecule has 1 rings (SSSR count). The van der Waals surface area contributed by atoms with Gasteiger partial charge in [0.05, 0.1) is 17.9 Å². The summed E-state index contributed by atoms with van der Waals surface area (Å²) in [6.07, 6.45) is -5.66. The van der Waals surface area contributed by atoms with Gasteiger partial charge in [0.1, 0.15) is 18.0 Å². The van der Waals surface area contributed by atoms with Gasteiger partial charge in [-0.1, -0.05) is 0 Å². The maximum atomic E-state index is 13.0. The maximum Gasteiger partial charge on any atom is 0.418 e. The number of anilines is 1. The highest BCUT2D eigenvalue weighted by atomic mass is 19.4. The Kier molecular flexibility index (Phi) is 5.65. The number of amides is 1. The Labute approximate surface area is 126 Å². The van der Waals surface area contributed by atoms with E-state index in [0.717, 1.165) is 12.1 Å². The monoisotopic (exact) mass is 321 g/mol. The Morgan fingerprint density at radius 3 is 2.41 bits per heavy atom. The molecule has 0 saturated carbocycles. The van der Waals surface area contributed by atoms with E-state index >= 15 is 0 Å². The number of rotatable bonds is 4. The first kappa shape index (κ1) is 18.1. The Morgan fingerprint density at radius 2 is 1.91 bits per heavy atom. The van der Waals surface area contributed by atoms with Crippen molar-refractivity contribution in [3.63, 3.8) is 0 Å². The predicted molar refractivity (Wildman–Crippen MR) is 73.9 cm³/mol. The lowest BCUT2D eigenvalue weighted by atomic mass is 10.1. The Morgan fingerprint density at radius 1 is 1.27 bits per heavy atom. The van der Waals surface area contributed by atoms with E-state index in [4.69, 9.17) is 14.6 Å². The average Bonchev–Trinajstić information content (AvgIpc) is 2.33. The number of ether oxygens (including phenoxy) is 2. The Hall–Kier alpha value is -1.96. The van der Waals surface area contributed by atoms with Crippen LogP contribution in [-0.2, 0) is 10.9 Å². The van der Waals surface area contributed by atoms with E-state index in [1.807, 2.05) is 0 Å². The number of carbonyl (C=O) groups excluding carboxylic acids is 1. The first-order chi connectivity index (χ1) is 10.0. The van der Waals surface area contributed by atoms with Crippen molar-refractivity contribution in [2.45, 2.75) is 32.5 Å². The SMILES string of the molecule is CC(C)(C)OC(=O)Nc1ccc(OCCO)cc1C(F)(F)F. The minimum absolute atomic E-state index is 0.0592. The molecule has 2 N–H and O–H groups in total. The van der Waals surface area contributed by atoms with Crippen molar-refractivity contribution in [1.82, 2.24) is 0 Å². The van der Waals surface area contributed by atoms with Crippen LogP contribution in [0.3, 0.4) is 0 Å². The zero-order valence-electron chi connectivity index (χ0n) is 12.5. The van der Waals surface area contributed by atoms with Crippen LogP contribution in [0.1, 0.15) is 26.3 Å². The third-order valence-electron chi connectivity index (χ3n) is 2.29. The number of hydrogen-bond donors (Lipinski definition) is 2. The first-order valence-corrected chi connectivity index (χ1v) is 6.48. The van der Waals surface area contributed by atoms with E-state index in [9.17, 15) is 18.0 Å². The van der Waals surface area contributed by atoms with Crippen LogP contribution in [0.5, 0.6) is 5.75 Å². The zero-order valence-corrected chi connectivity index (χ0v) is 12.5. The van der Waals surface area contributed by atoms with E-state index in [1.165, 1.54) is 6.07 Å². The standard InChI is InChI=1S/C14H18F3NO4/c1-13(2,3)22-12(20)18-11-5-4-9(21-7-6-19)8-10(11)14(15,16)17/h4-5,8,19H,6-7H2,1-3H3,(H,18,20). The van der Waals surface area contributed by atoms with E-state index in [-0.39, 0.29) is 19.0 Å². The van der Waals surface area contributed by atoms with Crippen molar-refractivity contribution in [3.05, 3.63) is 23.8 Å². The number of carbonyl (C=O) groups is 1. The number of aliphatic hydroxyl groups excluding tert-OH is 1. The molecule has 0 spiro atoms. The van der Waals surface area contributed by atoms with Gasteiger partial charge in [0.15, 0.2) is 0 Å². The van der Waals surface area contributed by atoms with Crippen LogP contribution in [0, 0.1) is 0 Å². The molecule has 0 heterocycles. The normalized spacial score (nSPS) is 12.0. The van der Waals surface area contributed by atoms with Gasteiger partial charge in [-0.3, -0.25) is 5.32 Å². The third-order valence-corrected chi connectivity index (χ3v) is 2.29. The van der Waals surface area contributed by atoms with Crippen LogP contribution in [0.2, 0.25) is 0 Å². The van der Waals surface area contributed by atoms with Gasteiger partial charge in [-0.15, -0.1) is 0 Å². The second kappa shape index (κ2) is 6.87. The highest BCUT2D eigenvalue weighted by Gasteiger charge is 2.35. The second-order valence-corrected chi connectivity index (χ2v) is 5.40. The van der Waals surface area contributed by atoms with Gasteiger partial charge in [-0.2, -0.15) is 13.2 Å². The van der Waals surface area contributed by atoms with Crippen molar-refractivity contribution >= 4 is 11.8 Å². The van der Waals surface area contributed by atoms with Gasteiger partial charge in [-0.05, 0) is 39.0 Å². The van der Waals surface area contributed by atoms with Gasteiger partial charge in [0.2, 0.25) is 0 Å². The highest BCUT2D eigenvalue weighted by Crippen LogP contribution is 2.37. The van der Waals surface area contributed by atoms with Gasteiger partial charge in [0.25, 0.3) is 0 Å². The van der Waals surface area contributed by atoms with E-state index in [1.54, 1.807) is 20.8 Å². The summed E-state index contributed by atoms with van der Waals surface area (Å²) in [5.41, 5.74) is -2.32. The quantitative estimate of drug-likeness (QED) is 0.891. The fourth-order valence-electron chi connectivity index (χ4n) is 1.53. The Balaban J connectivity index is 3.01. The molecule has 0 aliphatic carbocycles. The molecule has 0 aliphatic rings. The van der Waals surface area contributed by atoms with Crippen LogP contribution in [0.4, 0.5) is 23.7 Å². The molecule has 22 heavy (non-hydrogen) atoms. The summed E-state index contributed by atoms with van der Waals surface area (Å²) < 4.78 is 49.0. The fraction of sp³-hybridized carbons (Fsp3) is 0.500. The summed E-state index contributed by atoms with van der Waals surface area (Å²) in [6.45, 7) is 4.35. The topological polar surface area (TPSA) is 67.8 Å². The van der Waals surface area contributed by atoms with Crippen LogP contribution in [0.25, 0.3) is 0 Å². The number of hydrogen-bond acceptors (Lipinski definition) is 4. The molecule has 0 aromatic heterocycles. The zero-order chi connectivity index (χ0) is 17.0. The lowest BCUT2D eigenvalue weighted by Crippen LogP contribution is -2.28. The first-order valence-electron chi connectivity index (χ1n) is 6.48. The van der Waals surface area contributed by atoms with Gasteiger partial charge >= 0.3 is 12.3 Å². The lowest BCUT2D eigenvalue weighted by Gasteiger charge is -2.21. The lowest BCUT2D eigenvalue weighted by molar-refractivity contribution is -0.137. The second-order valence-electron chi connectivity index (χ2n) is 5.40. The molecule has 0 aliphatic heterocycles. The molecule has 1 amide bonds. The summed E-state index contributed by atoms with van der Waals surface area (Å²) >= 11 is 0. The van der Waals surface area contributed by atoms with Crippen molar-refractivity contribution in [1.29, 1.82) is 0 Å². The molecule has 1 aromatic rings. The number of halogens is 3. The molecule has 0 unspecified atom stereocenters. The molecule has 0 radical (unpaired) electrons. The number of nitrogens with one attached hydrogen (secondary N) is 1. The molecule has 0 atom stereocenters. The number of aliphatic hydroxyl groups is 1. The summed E-state index contributed by atoms with van der Waals surface area (Å²) in [5.74, 6) is -0.0592. The van der Waals surface area contributed by atoms with E-state index in [0.29, 0.717) is 0 Å². The molecule has 0 saturated heterocycles. The summed E-state index contributed by atoms with van der Waals surface area (Å²) in [4.78, 5) is 11.6. The van der Waals surface area contributed by atoms with Crippen LogP contribution < -0.4 is 10.1 Å². The highest BCUT2D eigenvalue weighted by molar-refractivity contribution is 5.86. The largest absolute Gasteiger partial charge is 0.491 e. The van der Waals surface area contributed by atoms with Gasteiger partial charge < -0.3 is 14.6 Å². The molecule has 5 nitrogen and oxygen atoms in total. The van der Waals surface area contributed by atoms with E-state index < -0.39 is 29.1 Å². The van der Waals surface area contributed by atoms with Crippen molar-refractivity contribution < 1.29 is 32.5 Å². The average molecular weight is 321 g/mol. The minimum atomic E-state index is -4.68. The molecular formula is C14H18F3NO4. The molecule has 8 heteroatoms. The number of alkyl halides is 3.